The lowest BCUT2D eigenvalue weighted by Crippen LogP contribution is -1.93. The van der Waals surface area contributed by atoms with Crippen LogP contribution in [-0.4, -0.2) is 7.11 Å². The molecule has 0 spiro atoms. The third kappa shape index (κ3) is 2.26. The van der Waals surface area contributed by atoms with E-state index in [-0.39, 0.29) is 0 Å². The molecule has 0 aliphatic heterocycles. The van der Waals surface area contributed by atoms with Crippen LogP contribution in [0.5, 0.6) is 5.75 Å². The highest BCUT2D eigenvalue weighted by Crippen LogP contribution is 2.27. The molecule has 2 aromatic rings. The van der Waals surface area contributed by atoms with Crippen LogP contribution in [0.3, 0.4) is 0 Å². The minimum Gasteiger partial charge on any atom is -0.497 e. The molecule has 0 radical (unpaired) electrons. The van der Waals surface area contributed by atoms with Crippen LogP contribution >= 0.6 is 0 Å². The lowest BCUT2D eigenvalue weighted by Gasteiger charge is -2.09. The zero-order valence-corrected chi connectivity index (χ0v) is 10.4. The van der Waals surface area contributed by atoms with E-state index in [0.717, 1.165) is 28.1 Å². The van der Waals surface area contributed by atoms with Crippen molar-refractivity contribution in [2.24, 2.45) is 0 Å². The quantitative estimate of drug-likeness (QED) is 0.796. The first-order valence-corrected chi connectivity index (χ1v) is 5.63. The minimum absolute atomic E-state index is 0.843. The van der Waals surface area contributed by atoms with Crippen LogP contribution in [0, 0.1) is 13.8 Å². The molecule has 2 nitrogen and oxygen atoms in total. The van der Waals surface area contributed by atoms with Gasteiger partial charge in [0.05, 0.1) is 7.11 Å². The summed E-state index contributed by atoms with van der Waals surface area (Å²) in [5, 5.41) is 0. The van der Waals surface area contributed by atoms with Gasteiger partial charge in [-0.15, -0.1) is 0 Å². The monoisotopic (exact) mass is 227 g/mol. The SMILES string of the molecule is COc1ccc(-c2cc(C)c(C)c(N)c2)cc1. The van der Waals surface area contributed by atoms with Crippen LogP contribution in [0.2, 0.25) is 0 Å². The molecule has 0 aliphatic rings. The fourth-order valence-electron chi connectivity index (χ4n) is 1.84. The number of nitrogen functional groups attached to an aromatic ring is 1. The van der Waals surface area contributed by atoms with Gasteiger partial charge in [0.2, 0.25) is 0 Å². The van der Waals surface area contributed by atoms with Crippen LogP contribution in [0.4, 0.5) is 5.69 Å². The van der Waals surface area contributed by atoms with Gasteiger partial charge < -0.3 is 10.5 Å². The largest absolute Gasteiger partial charge is 0.497 e. The van der Waals surface area contributed by atoms with Gasteiger partial charge in [-0.25, -0.2) is 0 Å². The van der Waals surface area contributed by atoms with E-state index in [4.69, 9.17) is 10.5 Å². The highest BCUT2D eigenvalue weighted by molar-refractivity contribution is 5.71. The Hall–Kier alpha value is -1.96. The highest BCUT2D eigenvalue weighted by Gasteiger charge is 2.04. The Balaban J connectivity index is 2.45. The van der Waals surface area contributed by atoms with E-state index in [1.165, 1.54) is 5.56 Å². The topological polar surface area (TPSA) is 35.2 Å². The standard InChI is InChI=1S/C15H17NO/c1-10-8-13(9-15(16)11(10)2)12-4-6-14(17-3)7-5-12/h4-9H,16H2,1-3H3. The number of hydrogen-bond donors (Lipinski definition) is 1. The summed E-state index contributed by atoms with van der Waals surface area (Å²) in [4.78, 5) is 0. The Bertz CT molecular complexity index is 506. The average molecular weight is 227 g/mol. The Kier molecular flexibility index (Phi) is 3.05. The predicted molar refractivity (Wildman–Crippen MR) is 72.3 cm³/mol. The van der Waals surface area contributed by atoms with Crippen molar-refractivity contribution in [1.82, 2.24) is 0 Å². The van der Waals surface area contributed by atoms with Crippen molar-refractivity contribution >= 4 is 5.69 Å². The summed E-state index contributed by atoms with van der Waals surface area (Å²) in [6.07, 6.45) is 0. The third-order valence-electron chi connectivity index (χ3n) is 3.13. The molecule has 0 saturated carbocycles. The van der Waals surface area contributed by atoms with E-state index in [1.807, 2.05) is 37.3 Å². The lowest BCUT2D eigenvalue weighted by molar-refractivity contribution is 0.415. The number of rotatable bonds is 2. The lowest BCUT2D eigenvalue weighted by atomic mass is 9.99. The normalized spacial score (nSPS) is 10.3. The maximum Gasteiger partial charge on any atom is 0.118 e. The Morgan fingerprint density at radius 1 is 0.941 bits per heavy atom. The Morgan fingerprint density at radius 3 is 2.12 bits per heavy atom. The molecule has 2 heteroatoms. The fourth-order valence-corrected chi connectivity index (χ4v) is 1.84. The zero-order valence-electron chi connectivity index (χ0n) is 10.4. The molecule has 0 aromatic heterocycles. The van der Waals surface area contributed by atoms with Gasteiger partial charge in [0.25, 0.3) is 0 Å². The fraction of sp³-hybridized carbons (Fsp3) is 0.200. The number of anilines is 1. The molecule has 0 aliphatic carbocycles. The summed E-state index contributed by atoms with van der Waals surface area (Å²) in [7, 11) is 1.67. The maximum atomic E-state index is 5.99. The van der Waals surface area contributed by atoms with Gasteiger partial charge in [0, 0.05) is 5.69 Å². The van der Waals surface area contributed by atoms with Crippen molar-refractivity contribution in [2.75, 3.05) is 12.8 Å². The van der Waals surface area contributed by atoms with Crippen molar-refractivity contribution in [3.05, 3.63) is 47.5 Å². The van der Waals surface area contributed by atoms with Gasteiger partial charge in [-0.2, -0.15) is 0 Å². The molecule has 2 rings (SSSR count). The number of hydrogen-bond acceptors (Lipinski definition) is 2. The molecule has 0 amide bonds. The minimum atomic E-state index is 0.843. The summed E-state index contributed by atoms with van der Waals surface area (Å²) in [5.41, 5.74) is 11.5. The number of aryl methyl sites for hydroxylation is 1. The summed E-state index contributed by atoms with van der Waals surface area (Å²) in [6, 6.07) is 12.2. The molecule has 0 heterocycles. The maximum absolute atomic E-state index is 5.99. The van der Waals surface area contributed by atoms with Crippen LogP contribution < -0.4 is 10.5 Å². The number of methoxy groups -OCH3 is 1. The molecule has 0 unspecified atom stereocenters. The van der Waals surface area contributed by atoms with Crippen molar-refractivity contribution in [3.63, 3.8) is 0 Å². The van der Waals surface area contributed by atoms with Gasteiger partial charge in [-0.05, 0) is 54.3 Å². The smallest absolute Gasteiger partial charge is 0.118 e. The van der Waals surface area contributed by atoms with E-state index < -0.39 is 0 Å². The highest BCUT2D eigenvalue weighted by atomic mass is 16.5. The van der Waals surface area contributed by atoms with Gasteiger partial charge in [-0.1, -0.05) is 18.2 Å². The first kappa shape index (κ1) is 11.5. The van der Waals surface area contributed by atoms with Gasteiger partial charge in [-0.3, -0.25) is 0 Å². The summed E-state index contributed by atoms with van der Waals surface area (Å²) in [5.74, 6) is 0.866. The molecule has 17 heavy (non-hydrogen) atoms. The van der Waals surface area contributed by atoms with Gasteiger partial charge >= 0.3 is 0 Å². The molecule has 0 fully saturated rings. The predicted octanol–water partition coefficient (Wildman–Crippen LogP) is 3.56. The van der Waals surface area contributed by atoms with E-state index in [9.17, 15) is 0 Å². The van der Waals surface area contributed by atoms with Crippen LogP contribution in [-0.2, 0) is 0 Å². The van der Waals surface area contributed by atoms with Crippen molar-refractivity contribution in [2.45, 2.75) is 13.8 Å². The average Bonchev–Trinajstić information content (AvgIpc) is 2.35. The molecule has 0 bridgehead atoms. The second-order valence-corrected chi connectivity index (χ2v) is 4.24. The first-order valence-electron chi connectivity index (χ1n) is 5.63. The van der Waals surface area contributed by atoms with Crippen LogP contribution in [0.25, 0.3) is 11.1 Å². The van der Waals surface area contributed by atoms with Crippen molar-refractivity contribution < 1.29 is 4.74 Å². The molecule has 0 saturated heterocycles. The van der Waals surface area contributed by atoms with E-state index >= 15 is 0 Å². The molecule has 2 N–H and O–H groups in total. The molecule has 88 valence electrons. The molecule has 0 atom stereocenters. The molecular formula is C15H17NO. The molecule has 2 aromatic carbocycles. The molecular weight excluding hydrogens is 210 g/mol. The summed E-state index contributed by atoms with van der Waals surface area (Å²) >= 11 is 0. The second-order valence-electron chi connectivity index (χ2n) is 4.24. The van der Waals surface area contributed by atoms with E-state index in [0.29, 0.717) is 0 Å². The third-order valence-corrected chi connectivity index (χ3v) is 3.13. The zero-order chi connectivity index (χ0) is 12.4. The number of benzene rings is 2. The van der Waals surface area contributed by atoms with Crippen LogP contribution in [0.15, 0.2) is 36.4 Å². The Morgan fingerprint density at radius 2 is 1.59 bits per heavy atom. The van der Waals surface area contributed by atoms with Gasteiger partial charge in [0.15, 0.2) is 0 Å². The number of ether oxygens (including phenoxy) is 1. The van der Waals surface area contributed by atoms with Gasteiger partial charge in [0.1, 0.15) is 5.75 Å². The van der Waals surface area contributed by atoms with E-state index in [2.05, 4.69) is 13.0 Å². The Labute approximate surface area is 102 Å². The first-order chi connectivity index (χ1) is 8.11. The van der Waals surface area contributed by atoms with Crippen LogP contribution in [0.1, 0.15) is 11.1 Å². The summed E-state index contributed by atoms with van der Waals surface area (Å²) < 4.78 is 5.15. The van der Waals surface area contributed by atoms with Crippen molar-refractivity contribution in [1.29, 1.82) is 0 Å². The van der Waals surface area contributed by atoms with E-state index in [1.54, 1.807) is 7.11 Å². The number of nitrogens with two attached hydrogens (primary N) is 1. The van der Waals surface area contributed by atoms with Crippen molar-refractivity contribution in [3.8, 4) is 16.9 Å². The second kappa shape index (κ2) is 4.50. The summed E-state index contributed by atoms with van der Waals surface area (Å²) in [6.45, 7) is 4.13.